The lowest BCUT2D eigenvalue weighted by atomic mass is 10.0. The molecule has 2 aromatic rings. The van der Waals surface area contributed by atoms with E-state index in [1.165, 1.54) is 7.11 Å². The Hall–Kier alpha value is -3.02. The number of anilines is 1. The molecule has 0 aliphatic heterocycles. The summed E-state index contributed by atoms with van der Waals surface area (Å²) in [5.41, 5.74) is 1.99. The minimum atomic E-state index is -0.828. The standard InChI is InChI=1S/C21H25NO5/c1-13(2)27-18-10-7-16(12-19(18)26-4)20(23)22-17-8-5-15(6-9-17)11-14(3)21(24)25/h5-10,12-14H,11H2,1-4H3,(H,22,23)(H,24,25). The van der Waals surface area contributed by atoms with Gasteiger partial charge in [-0.2, -0.15) is 0 Å². The fraction of sp³-hybridized carbons (Fsp3) is 0.333. The van der Waals surface area contributed by atoms with Crippen LogP contribution in [0.5, 0.6) is 11.5 Å². The van der Waals surface area contributed by atoms with Gasteiger partial charge in [-0.1, -0.05) is 19.1 Å². The van der Waals surface area contributed by atoms with E-state index in [4.69, 9.17) is 14.6 Å². The second kappa shape index (κ2) is 9.07. The van der Waals surface area contributed by atoms with Gasteiger partial charge in [0.25, 0.3) is 5.91 Å². The molecule has 0 bridgehead atoms. The molecule has 144 valence electrons. The van der Waals surface area contributed by atoms with Gasteiger partial charge in [-0.05, 0) is 56.2 Å². The monoisotopic (exact) mass is 371 g/mol. The number of ether oxygens (including phenoxy) is 2. The number of hydrogen-bond donors (Lipinski definition) is 2. The highest BCUT2D eigenvalue weighted by molar-refractivity contribution is 6.04. The Balaban J connectivity index is 2.07. The molecule has 6 nitrogen and oxygen atoms in total. The SMILES string of the molecule is COc1cc(C(=O)Nc2ccc(CC(C)C(=O)O)cc2)ccc1OC(C)C. The molecule has 27 heavy (non-hydrogen) atoms. The predicted molar refractivity (Wildman–Crippen MR) is 104 cm³/mol. The van der Waals surface area contributed by atoms with Gasteiger partial charge in [-0.25, -0.2) is 0 Å². The van der Waals surface area contributed by atoms with Crippen LogP contribution in [0.4, 0.5) is 5.69 Å². The van der Waals surface area contributed by atoms with Crippen LogP contribution >= 0.6 is 0 Å². The summed E-state index contributed by atoms with van der Waals surface area (Å²) in [6.45, 7) is 5.50. The van der Waals surface area contributed by atoms with Crippen molar-refractivity contribution in [3.8, 4) is 11.5 Å². The average molecular weight is 371 g/mol. The van der Waals surface area contributed by atoms with E-state index in [1.54, 1.807) is 37.3 Å². The number of carbonyl (C=O) groups is 2. The summed E-state index contributed by atoms with van der Waals surface area (Å²) >= 11 is 0. The minimum absolute atomic E-state index is 0.000867. The van der Waals surface area contributed by atoms with Gasteiger partial charge in [0, 0.05) is 11.3 Å². The second-order valence-corrected chi connectivity index (χ2v) is 6.63. The maximum absolute atomic E-state index is 12.5. The molecular formula is C21H25NO5. The maximum atomic E-state index is 12.5. The van der Waals surface area contributed by atoms with E-state index in [0.717, 1.165) is 5.56 Å². The van der Waals surface area contributed by atoms with Crippen molar-refractivity contribution < 1.29 is 24.2 Å². The van der Waals surface area contributed by atoms with Gasteiger partial charge in [0.15, 0.2) is 11.5 Å². The summed E-state index contributed by atoms with van der Waals surface area (Å²) in [4.78, 5) is 23.4. The van der Waals surface area contributed by atoms with Gasteiger partial charge < -0.3 is 19.9 Å². The molecule has 1 amide bonds. The lowest BCUT2D eigenvalue weighted by Gasteiger charge is -2.14. The molecule has 0 aliphatic rings. The Morgan fingerprint density at radius 2 is 1.70 bits per heavy atom. The third-order valence-electron chi connectivity index (χ3n) is 3.96. The van der Waals surface area contributed by atoms with Crippen LogP contribution in [-0.2, 0) is 11.2 Å². The van der Waals surface area contributed by atoms with Gasteiger partial charge >= 0.3 is 5.97 Å². The van der Waals surface area contributed by atoms with Crippen LogP contribution in [0.1, 0.15) is 36.7 Å². The van der Waals surface area contributed by atoms with Crippen LogP contribution in [0.15, 0.2) is 42.5 Å². The van der Waals surface area contributed by atoms with Crippen molar-refractivity contribution in [2.75, 3.05) is 12.4 Å². The van der Waals surface area contributed by atoms with Crippen LogP contribution in [0.25, 0.3) is 0 Å². The molecule has 0 saturated carbocycles. The van der Waals surface area contributed by atoms with Crippen molar-refractivity contribution in [3.05, 3.63) is 53.6 Å². The molecule has 6 heteroatoms. The maximum Gasteiger partial charge on any atom is 0.306 e. The molecule has 1 unspecified atom stereocenters. The molecule has 0 saturated heterocycles. The topological polar surface area (TPSA) is 84.9 Å². The van der Waals surface area contributed by atoms with Crippen molar-refractivity contribution in [3.63, 3.8) is 0 Å². The fourth-order valence-electron chi connectivity index (χ4n) is 2.53. The number of methoxy groups -OCH3 is 1. The highest BCUT2D eigenvalue weighted by atomic mass is 16.5. The summed E-state index contributed by atoms with van der Waals surface area (Å²) in [5, 5.41) is 11.8. The molecule has 0 heterocycles. The quantitative estimate of drug-likeness (QED) is 0.733. The van der Waals surface area contributed by atoms with Crippen molar-refractivity contribution in [1.29, 1.82) is 0 Å². The summed E-state index contributed by atoms with van der Waals surface area (Å²) in [7, 11) is 1.53. The molecule has 2 rings (SSSR count). The molecule has 0 fully saturated rings. The van der Waals surface area contributed by atoms with Crippen molar-refractivity contribution >= 4 is 17.6 Å². The second-order valence-electron chi connectivity index (χ2n) is 6.63. The van der Waals surface area contributed by atoms with Crippen molar-refractivity contribution in [2.24, 2.45) is 5.92 Å². The van der Waals surface area contributed by atoms with Crippen LogP contribution in [0.2, 0.25) is 0 Å². The number of carboxylic acid groups (broad SMARTS) is 1. The smallest absolute Gasteiger partial charge is 0.306 e. The van der Waals surface area contributed by atoms with Gasteiger partial charge in [-0.15, -0.1) is 0 Å². The van der Waals surface area contributed by atoms with Gasteiger partial charge in [0.05, 0.1) is 19.1 Å². The number of carbonyl (C=O) groups excluding carboxylic acids is 1. The van der Waals surface area contributed by atoms with Crippen molar-refractivity contribution in [2.45, 2.75) is 33.3 Å². The average Bonchev–Trinajstić information content (AvgIpc) is 2.63. The Kier molecular flexibility index (Phi) is 6.82. The first-order chi connectivity index (χ1) is 12.8. The van der Waals surface area contributed by atoms with E-state index in [1.807, 2.05) is 26.0 Å². The van der Waals surface area contributed by atoms with E-state index in [0.29, 0.717) is 29.2 Å². The van der Waals surface area contributed by atoms with Gasteiger partial charge in [-0.3, -0.25) is 9.59 Å². The fourth-order valence-corrected chi connectivity index (χ4v) is 2.53. The van der Waals surface area contributed by atoms with Crippen molar-refractivity contribution in [1.82, 2.24) is 0 Å². The third kappa shape index (κ3) is 5.74. The minimum Gasteiger partial charge on any atom is -0.493 e. The first kappa shape index (κ1) is 20.3. The zero-order chi connectivity index (χ0) is 20.0. The van der Waals surface area contributed by atoms with Gasteiger partial charge in [0.2, 0.25) is 0 Å². The summed E-state index contributed by atoms with van der Waals surface area (Å²) in [6.07, 6.45) is 0.443. The summed E-state index contributed by atoms with van der Waals surface area (Å²) < 4.78 is 11.0. The highest BCUT2D eigenvalue weighted by Gasteiger charge is 2.14. The number of nitrogens with one attached hydrogen (secondary N) is 1. The normalized spacial score (nSPS) is 11.7. The molecule has 0 aromatic heterocycles. The molecule has 0 radical (unpaired) electrons. The number of hydrogen-bond acceptors (Lipinski definition) is 4. The first-order valence-electron chi connectivity index (χ1n) is 8.78. The first-order valence-corrected chi connectivity index (χ1v) is 8.78. The van der Waals surface area contributed by atoms with Crippen LogP contribution in [0.3, 0.4) is 0 Å². The third-order valence-corrected chi connectivity index (χ3v) is 3.96. The number of amides is 1. The Labute approximate surface area is 159 Å². The van der Waals surface area contributed by atoms with E-state index in [-0.39, 0.29) is 12.0 Å². The number of carboxylic acids is 1. The van der Waals surface area contributed by atoms with E-state index >= 15 is 0 Å². The predicted octanol–water partition coefficient (Wildman–Crippen LogP) is 4.00. The molecule has 0 spiro atoms. The van der Waals surface area contributed by atoms with Crippen LogP contribution in [-0.4, -0.2) is 30.2 Å². The molecule has 2 aromatic carbocycles. The Morgan fingerprint density at radius 1 is 1.04 bits per heavy atom. The lowest BCUT2D eigenvalue weighted by molar-refractivity contribution is -0.141. The lowest BCUT2D eigenvalue weighted by Crippen LogP contribution is -2.13. The molecule has 2 N–H and O–H groups in total. The van der Waals surface area contributed by atoms with Crippen LogP contribution < -0.4 is 14.8 Å². The zero-order valence-corrected chi connectivity index (χ0v) is 16.0. The number of aliphatic carboxylic acids is 1. The Morgan fingerprint density at radius 3 is 2.26 bits per heavy atom. The highest BCUT2D eigenvalue weighted by Crippen LogP contribution is 2.29. The van der Waals surface area contributed by atoms with E-state index in [9.17, 15) is 9.59 Å². The summed E-state index contributed by atoms with van der Waals surface area (Å²) in [5.74, 6) is -0.470. The van der Waals surface area contributed by atoms with Crippen LogP contribution in [0, 0.1) is 5.92 Å². The van der Waals surface area contributed by atoms with E-state index in [2.05, 4.69) is 5.32 Å². The Bertz CT molecular complexity index is 799. The van der Waals surface area contributed by atoms with E-state index < -0.39 is 11.9 Å². The largest absolute Gasteiger partial charge is 0.493 e. The molecule has 1 atom stereocenters. The summed E-state index contributed by atoms with van der Waals surface area (Å²) in [6, 6.07) is 12.2. The zero-order valence-electron chi connectivity index (χ0n) is 16.0. The number of rotatable bonds is 8. The molecular weight excluding hydrogens is 346 g/mol. The van der Waals surface area contributed by atoms with Gasteiger partial charge in [0.1, 0.15) is 0 Å². The number of benzene rings is 2. The molecule has 0 aliphatic carbocycles.